The molecule has 0 unspecified atom stereocenters. The zero-order chi connectivity index (χ0) is 14.1. The standard InChI is InChI=1S/C15H13NO3/c1-2-3-4-8-11-14(16(18)19)12-15(17)13-9-6-5-7-10-13/h4-11H,12H2,1H3/b8-4-,14-11+. The molecule has 0 aromatic heterocycles. The second kappa shape index (κ2) is 7.62. The molecule has 0 amide bonds. The number of Topliss-reactive ketones (excluding diaryl/α,β-unsaturated/α-hetero) is 1. The summed E-state index contributed by atoms with van der Waals surface area (Å²) in [6.45, 7) is 1.67. The lowest BCUT2D eigenvalue weighted by molar-refractivity contribution is -0.426. The molecule has 1 aromatic rings. The van der Waals surface area contributed by atoms with Crippen LogP contribution in [-0.4, -0.2) is 10.7 Å². The zero-order valence-electron chi connectivity index (χ0n) is 10.5. The number of carbonyl (C=O) groups excluding carboxylic acids is 1. The van der Waals surface area contributed by atoms with Gasteiger partial charge >= 0.3 is 0 Å². The quantitative estimate of drug-likeness (QED) is 0.267. The fraction of sp³-hybridized carbons (Fsp3) is 0.133. The van der Waals surface area contributed by atoms with Crippen molar-refractivity contribution in [1.82, 2.24) is 0 Å². The van der Waals surface area contributed by atoms with Crippen LogP contribution in [0.25, 0.3) is 0 Å². The van der Waals surface area contributed by atoms with E-state index in [1.165, 1.54) is 18.2 Å². The highest BCUT2D eigenvalue weighted by Gasteiger charge is 2.16. The molecule has 0 saturated heterocycles. The summed E-state index contributed by atoms with van der Waals surface area (Å²) in [6.07, 6.45) is 4.02. The Morgan fingerprint density at radius 2 is 2.05 bits per heavy atom. The minimum absolute atomic E-state index is 0.150. The van der Waals surface area contributed by atoms with Crippen LogP contribution in [-0.2, 0) is 0 Å². The largest absolute Gasteiger partial charge is 0.294 e. The van der Waals surface area contributed by atoms with Gasteiger partial charge < -0.3 is 0 Å². The lowest BCUT2D eigenvalue weighted by Crippen LogP contribution is -2.06. The molecule has 0 radical (unpaired) electrons. The molecular weight excluding hydrogens is 242 g/mol. The number of hydrogen-bond donors (Lipinski definition) is 0. The summed E-state index contributed by atoms with van der Waals surface area (Å²) >= 11 is 0. The fourth-order valence-corrected chi connectivity index (χ4v) is 1.37. The second-order valence-corrected chi connectivity index (χ2v) is 3.63. The van der Waals surface area contributed by atoms with Gasteiger partial charge in [0.15, 0.2) is 5.78 Å². The Morgan fingerprint density at radius 3 is 2.63 bits per heavy atom. The molecule has 0 N–H and O–H groups in total. The summed E-state index contributed by atoms with van der Waals surface area (Å²) in [7, 11) is 0. The summed E-state index contributed by atoms with van der Waals surface area (Å²) in [5.74, 6) is 5.00. The number of allylic oxidation sites excluding steroid dienone is 4. The number of carbonyl (C=O) groups is 1. The number of hydrogen-bond acceptors (Lipinski definition) is 3. The molecule has 0 spiro atoms. The van der Waals surface area contributed by atoms with Crippen molar-refractivity contribution in [3.63, 3.8) is 0 Å². The van der Waals surface area contributed by atoms with E-state index in [0.29, 0.717) is 5.56 Å². The highest BCUT2D eigenvalue weighted by atomic mass is 16.6. The maximum Gasteiger partial charge on any atom is 0.254 e. The van der Waals surface area contributed by atoms with Gasteiger partial charge in [-0.05, 0) is 19.1 Å². The van der Waals surface area contributed by atoms with Gasteiger partial charge in [-0.15, -0.1) is 5.92 Å². The number of ketones is 1. The molecule has 1 rings (SSSR count). The third-order valence-corrected chi connectivity index (χ3v) is 2.28. The number of rotatable bonds is 5. The van der Waals surface area contributed by atoms with Gasteiger partial charge in [0.1, 0.15) is 6.42 Å². The predicted octanol–water partition coefficient (Wildman–Crippen LogP) is 3.00. The monoisotopic (exact) mass is 255 g/mol. The van der Waals surface area contributed by atoms with Crippen LogP contribution >= 0.6 is 0 Å². The van der Waals surface area contributed by atoms with Gasteiger partial charge in [-0.3, -0.25) is 14.9 Å². The molecule has 19 heavy (non-hydrogen) atoms. The summed E-state index contributed by atoms with van der Waals surface area (Å²) < 4.78 is 0. The fourth-order valence-electron chi connectivity index (χ4n) is 1.37. The van der Waals surface area contributed by atoms with Crippen LogP contribution in [0.3, 0.4) is 0 Å². The lowest BCUT2D eigenvalue weighted by atomic mass is 10.1. The van der Waals surface area contributed by atoms with Crippen molar-refractivity contribution in [2.45, 2.75) is 13.3 Å². The van der Waals surface area contributed by atoms with Crippen LogP contribution in [0.4, 0.5) is 0 Å². The summed E-state index contributed by atoms with van der Waals surface area (Å²) in [4.78, 5) is 22.1. The molecule has 0 aliphatic rings. The van der Waals surface area contributed by atoms with Crippen molar-refractivity contribution < 1.29 is 9.72 Å². The Bertz CT molecular complexity index is 574. The Labute approximate surface area is 111 Å². The molecule has 0 aliphatic heterocycles. The lowest BCUT2D eigenvalue weighted by Gasteiger charge is -1.98. The highest BCUT2D eigenvalue weighted by Crippen LogP contribution is 2.10. The maximum atomic E-state index is 11.9. The van der Waals surface area contributed by atoms with Crippen molar-refractivity contribution in [3.8, 4) is 11.8 Å². The zero-order valence-corrected chi connectivity index (χ0v) is 10.5. The van der Waals surface area contributed by atoms with Crippen LogP contribution in [0, 0.1) is 22.0 Å². The molecule has 0 fully saturated rings. The smallest absolute Gasteiger partial charge is 0.254 e. The van der Waals surface area contributed by atoms with Gasteiger partial charge in [-0.2, -0.15) is 0 Å². The van der Waals surface area contributed by atoms with E-state index >= 15 is 0 Å². The highest BCUT2D eigenvalue weighted by molar-refractivity contribution is 5.97. The van der Waals surface area contributed by atoms with E-state index < -0.39 is 4.92 Å². The van der Waals surface area contributed by atoms with E-state index in [1.54, 1.807) is 37.3 Å². The van der Waals surface area contributed by atoms with Crippen molar-refractivity contribution in [3.05, 3.63) is 69.9 Å². The minimum atomic E-state index is -0.551. The predicted molar refractivity (Wildman–Crippen MR) is 73.1 cm³/mol. The van der Waals surface area contributed by atoms with Gasteiger partial charge in [-0.25, -0.2) is 0 Å². The Morgan fingerprint density at radius 1 is 1.37 bits per heavy atom. The van der Waals surface area contributed by atoms with Crippen molar-refractivity contribution >= 4 is 5.78 Å². The van der Waals surface area contributed by atoms with E-state index in [-0.39, 0.29) is 17.9 Å². The van der Waals surface area contributed by atoms with Gasteiger partial charge in [0.05, 0.1) is 4.92 Å². The topological polar surface area (TPSA) is 60.2 Å². The molecule has 0 bridgehead atoms. The van der Waals surface area contributed by atoms with Crippen molar-refractivity contribution in [1.29, 1.82) is 0 Å². The SMILES string of the molecule is CC#C/C=C\C=C(/CC(=O)c1ccccc1)[N+](=O)[O-]. The molecule has 4 nitrogen and oxygen atoms in total. The number of nitrogens with zero attached hydrogens (tertiary/aromatic N) is 1. The molecule has 0 atom stereocenters. The third-order valence-electron chi connectivity index (χ3n) is 2.28. The second-order valence-electron chi connectivity index (χ2n) is 3.63. The van der Waals surface area contributed by atoms with E-state index in [2.05, 4.69) is 11.8 Å². The number of benzene rings is 1. The van der Waals surface area contributed by atoms with Crippen LogP contribution in [0.5, 0.6) is 0 Å². The Kier molecular flexibility index (Phi) is 5.77. The van der Waals surface area contributed by atoms with E-state index in [9.17, 15) is 14.9 Å². The molecule has 1 aromatic carbocycles. The first-order valence-corrected chi connectivity index (χ1v) is 5.65. The molecular formula is C15H13NO3. The van der Waals surface area contributed by atoms with Crippen LogP contribution < -0.4 is 0 Å². The van der Waals surface area contributed by atoms with E-state index in [0.717, 1.165) is 0 Å². The van der Waals surface area contributed by atoms with Crippen molar-refractivity contribution in [2.24, 2.45) is 0 Å². The molecule has 4 heteroatoms. The van der Waals surface area contributed by atoms with Crippen LogP contribution in [0.2, 0.25) is 0 Å². The third kappa shape index (κ3) is 5.00. The molecule has 0 heterocycles. The number of nitro groups is 1. The first kappa shape index (κ1) is 14.4. The molecule has 0 saturated carbocycles. The summed E-state index contributed by atoms with van der Waals surface area (Å²) in [6, 6.07) is 8.50. The van der Waals surface area contributed by atoms with Gasteiger partial charge in [0, 0.05) is 11.6 Å². The first-order chi connectivity index (χ1) is 9.15. The van der Waals surface area contributed by atoms with E-state index in [4.69, 9.17) is 0 Å². The van der Waals surface area contributed by atoms with Gasteiger partial charge in [0.25, 0.3) is 5.70 Å². The minimum Gasteiger partial charge on any atom is -0.294 e. The van der Waals surface area contributed by atoms with E-state index in [1.807, 2.05) is 0 Å². The summed E-state index contributed by atoms with van der Waals surface area (Å²) in [5, 5.41) is 10.8. The maximum absolute atomic E-state index is 11.9. The van der Waals surface area contributed by atoms with Gasteiger partial charge in [-0.1, -0.05) is 36.3 Å². The van der Waals surface area contributed by atoms with Gasteiger partial charge in [0.2, 0.25) is 0 Å². The van der Waals surface area contributed by atoms with Crippen LogP contribution in [0.1, 0.15) is 23.7 Å². The molecule has 96 valence electrons. The average Bonchev–Trinajstić information content (AvgIpc) is 2.42. The average molecular weight is 255 g/mol. The van der Waals surface area contributed by atoms with Crippen LogP contribution in [0.15, 0.2) is 54.3 Å². The molecule has 0 aliphatic carbocycles. The Hall–Kier alpha value is -2.67. The Balaban J connectivity index is 2.82. The summed E-state index contributed by atoms with van der Waals surface area (Å²) in [5.41, 5.74) is 0.315. The first-order valence-electron chi connectivity index (χ1n) is 5.65. The van der Waals surface area contributed by atoms with Crippen molar-refractivity contribution in [2.75, 3.05) is 0 Å². The normalized spacial score (nSPS) is 10.9.